The third kappa shape index (κ3) is 3.10. The van der Waals surface area contributed by atoms with Gasteiger partial charge in [0, 0.05) is 19.4 Å². The highest BCUT2D eigenvalue weighted by Crippen LogP contribution is 2.28. The van der Waals surface area contributed by atoms with Crippen molar-refractivity contribution in [2.45, 2.75) is 26.1 Å². The molecule has 1 aromatic carbocycles. The van der Waals surface area contributed by atoms with Gasteiger partial charge in [0.25, 0.3) is 12.2 Å². The van der Waals surface area contributed by atoms with E-state index in [1.165, 1.54) is 13.8 Å². The molecule has 1 saturated heterocycles. The Labute approximate surface area is 122 Å². The van der Waals surface area contributed by atoms with Crippen LogP contribution in [0.1, 0.15) is 31.4 Å². The van der Waals surface area contributed by atoms with E-state index in [-0.39, 0.29) is 0 Å². The molecule has 0 N–H and O–H groups in total. The third-order valence-corrected chi connectivity index (χ3v) is 2.77. The summed E-state index contributed by atoms with van der Waals surface area (Å²) in [5.74, 6) is -6.22. The molecular formula is C14H10F4O4. The Bertz CT molecular complexity index is 658. The van der Waals surface area contributed by atoms with Gasteiger partial charge in [0.1, 0.15) is 17.2 Å². The number of carbonyl (C=O) groups excluding carboxylic acids is 2. The summed E-state index contributed by atoms with van der Waals surface area (Å²) in [7, 11) is 0. The van der Waals surface area contributed by atoms with E-state index in [1.807, 2.05) is 0 Å². The molecule has 0 bridgehead atoms. The summed E-state index contributed by atoms with van der Waals surface area (Å²) in [5.41, 5.74) is -2.33. The van der Waals surface area contributed by atoms with Crippen LogP contribution in [0.3, 0.4) is 0 Å². The predicted octanol–water partition coefficient (Wildman–Crippen LogP) is 3.12. The maximum Gasteiger partial charge on any atom is 0.348 e. The molecule has 2 rings (SSSR count). The topological polar surface area (TPSA) is 52.6 Å². The van der Waals surface area contributed by atoms with E-state index in [2.05, 4.69) is 0 Å². The first kappa shape index (κ1) is 16.0. The van der Waals surface area contributed by atoms with E-state index < -0.39 is 52.5 Å². The molecule has 0 atom stereocenters. The number of rotatable bonds is 2. The second-order valence-electron chi connectivity index (χ2n) is 4.93. The lowest BCUT2D eigenvalue weighted by molar-refractivity contribution is -0.222. The number of esters is 2. The van der Waals surface area contributed by atoms with Crippen LogP contribution in [-0.4, -0.2) is 17.7 Å². The summed E-state index contributed by atoms with van der Waals surface area (Å²) >= 11 is 0. The van der Waals surface area contributed by atoms with E-state index >= 15 is 0 Å². The van der Waals surface area contributed by atoms with Gasteiger partial charge in [-0.2, -0.15) is 0 Å². The Morgan fingerprint density at radius 3 is 2.09 bits per heavy atom. The van der Waals surface area contributed by atoms with Crippen LogP contribution in [0.15, 0.2) is 17.7 Å². The molecule has 4 nitrogen and oxygen atoms in total. The number of hydrogen-bond acceptors (Lipinski definition) is 4. The van der Waals surface area contributed by atoms with E-state index in [0.29, 0.717) is 18.2 Å². The molecule has 0 aliphatic carbocycles. The third-order valence-electron chi connectivity index (χ3n) is 2.77. The molecular weight excluding hydrogens is 308 g/mol. The average molecular weight is 318 g/mol. The van der Waals surface area contributed by atoms with Crippen molar-refractivity contribution < 1.29 is 36.6 Å². The number of cyclic esters (lactones) is 2. The predicted molar refractivity (Wildman–Crippen MR) is 65.6 cm³/mol. The molecule has 0 unspecified atom stereocenters. The van der Waals surface area contributed by atoms with Gasteiger partial charge in [-0.15, -0.1) is 0 Å². The van der Waals surface area contributed by atoms with Gasteiger partial charge in [0.15, 0.2) is 0 Å². The molecule has 8 heteroatoms. The smallest absolute Gasteiger partial charge is 0.348 e. The van der Waals surface area contributed by atoms with Crippen molar-refractivity contribution in [3.63, 3.8) is 0 Å². The number of alkyl halides is 2. The van der Waals surface area contributed by atoms with Crippen LogP contribution in [0.25, 0.3) is 6.08 Å². The van der Waals surface area contributed by atoms with Crippen molar-refractivity contribution in [3.05, 3.63) is 40.5 Å². The molecule has 1 aliphatic rings. The first-order chi connectivity index (χ1) is 10.1. The van der Waals surface area contributed by atoms with Crippen molar-refractivity contribution >= 4 is 18.0 Å². The van der Waals surface area contributed by atoms with Gasteiger partial charge in [-0.05, 0) is 18.2 Å². The summed E-state index contributed by atoms with van der Waals surface area (Å²) in [6, 6.07) is 0.764. The second-order valence-corrected chi connectivity index (χ2v) is 4.93. The minimum absolute atomic E-state index is 0.301. The maximum atomic E-state index is 13.7. The Balaban J connectivity index is 2.43. The van der Waals surface area contributed by atoms with Crippen molar-refractivity contribution in [1.29, 1.82) is 0 Å². The molecule has 0 amide bonds. The monoisotopic (exact) mass is 318 g/mol. The fourth-order valence-electron chi connectivity index (χ4n) is 1.79. The van der Waals surface area contributed by atoms with Crippen LogP contribution in [0.2, 0.25) is 0 Å². The first-order valence-corrected chi connectivity index (χ1v) is 6.06. The zero-order valence-corrected chi connectivity index (χ0v) is 11.5. The van der Waals surface area contributed by atoms with Crippen molar-refractivity contribution in [3.8, 4) is 0 Å². The number of hydrogen-bond donors (Lipinski definition) is 0. The Kier molecular flexibility index (Phi) is 3.95. The lowest BCUT2D eigenvalue weighted by Crippen LogP contribution is -2.41. The first-order valence-electron chi connectivity index (χ1n) is 6.06. The van der Waals surface area contributed by atoms with E-state index in [0.717, 1.165) is 0 Å². The van der Waals surface area contributed by atoms with E-state index in [4.69, 9.17) is 9.47 Å². The minimum atomic E-state index is -3.19. The van der Waals surface area contributed by atoms with Crippen LogP contribution < -0.4 is 0 Å². The Morgan fingerprint density at radius 1 is 1.05 bits per heavy atom. The molecule has 0 saturated carbocycles. The summed E-state index contributed by atoms with van der Waals surface area (Å²) in [5, 5.41) is 0. The van der Waals surface area contributed by atoms with Gasteiger partial charge in [0.05, 0.1) is 5.56 Å². The second kappa shape index (κ2) is 5.43. The maximum absolute atomic E-state index is 13.7. The average Bonchev–Trinajstić information content (AvgIpc) is 2.35. The van der Waals surface area contributed by atoms with Gasteiger partial charge in [-0.25, -0.2) is 27.2 Å². The highest BCUT2D eigenvalue weighted by atomic mass is 19.3. The van der Waals surface area contributed by atoms with Crippen molar-refractivity contribution in [1.82, 2.24) is 0 Å². The zero-order chi connectivity index (χ0) is 16.7. The van der Waals surface area contributed by atoms with Gasteiger partial charge in [0.2, 0.25) is 0 Å². The number of ether oxygens (including phenoxy) is 2. The highest BCUT2D eigenvalue weighted by Gasteiger charge is 2.39. The summed E-state index contributed by atoms with van der Waals surface area (Å²) in [6.07, 6.45) is -2.50. The van der Waals surface area contributed by atoms with E-state index in [1.54, 1.807) is 0 Å². The van der Waals surface area contributed by atoms with E-state index in [9.17, 15) is 27.2 Å². The number of benzene rings is 1. The lowest BCUT2D eigenvalue weighted by atomic mass is 10.1. The molecule has 1 fully saturated rings. The molecule has 0 spiro atoms. The standard InChI is InChI=1S/C14H10F4O4/c1-14(2)21-12(19)8(13(20)22-14)3-6-4-10(16)7(11(17)18)5-9(6)15/h3-5,11H,1-2H3. The summed E-state index contributed by atoms with van der Waals surface area (Å²) in [4.78, 5) is 23.3. The Morgan fingerprint density at radius 2 is 1.59 bits per heavy atom. The molecule has 22 heavy (non-hydrogen) atoms. The molecule has 0 aromatic heterocycles. The normalized spacial score (nSPS) is 17.3. The SMILES string of the molecule is CC1(C)OC(=O)C(=Cc2cc(F)c(C(F)F)cc2F)C(=O)O1. The zero-order valence-electron chi connectivity index (χ0n) is 11.5. The van der Waals surface area contributed by atoms with Gasteiger partial charge in [-0.1, -0.05) is 0 Å². The van der Waals surface area contributed by atoms with Crippen LogP contribution in [0.5, 0.6) is 0 Å². The fraction of sp³-hybridized carbons (Fsp3) is 0.286. The van der Waals surface area contributed by atoms with Crippen LogP contribution in [0, 0.1) is 11.6 Å². The summed E-state index contributed by atoms with van der Waals surface area (Å²) < 4.78 is 61.6. The number of carbonyl (C=O) groups is 2. The van der Waals surface area contributed by atoms with Gasteiger partial charge in [-0.3, -0.25) is 0 Å². The molecule has 118 valence electrons. The largest absolute Gasteiger partial charge is 0.419 e. The van der Waals surface area contributed by atoms with Crippen LogP contribution in [0.4, 0.5) is 17.6 Å². The van der Waals surface area contributed by atoms with Crippen LogP contribution >= 0.6 is 0 Å². The fourth-order valence-corrected chi connectivity index (χ4v) is 1.79. The molecule has 1 aliphatic heterocycles. The quantitative estimate of drug-likeness (QED) is 0.364. The van der Waals surface area contributed by atoms with Crippen molar-refractivity contribution in [2.75, 3.05) is 0 Å². The Hall–Kier alpha value is -2.38. The lowest BCUT2D eigenvalue weighted by Gasteiger charge is -2.29. The van der Waals surface area contributed by atoms with Gasteiger partial charge < -0.3 is 9.47 Å². The highest BCUT2D eigenvalue weighted by molar-refractivity contribution is 6.18. The van der Waals surface area contributed by atoms with Crippen molar-refractivity contribution in [2.24, 2.45) is 0 Å². The molecule has 1 heterocycles. The minimum Gasteiger partial charge on any atom is -0.419 e. The van der Waals surface area contributed by atoms with Gasteiger partial charge >= 0.3 is 11.9 Å². The van der Waals surface area contributed by atoms with Crippen LogP contribution in [-0.2, 0) is 19.1 Å². The number of halogens is 4. The molecule has 0 radical (unpaired) electrons. The summed E-state index contributed by atoms with van der Waals surface area (Å²) in [6.45, 7) is 2.63. The molecule has 1 aromatic rings.